The maximum Gasteiger partial charge on any atom is 0.405 e. The molecular weight excluding hydrogens is 263 g/mol. The summed E-state index contributed by atoms with van der Waals surface area (Å²) in [6.07, 6.45) is -4.63. The van der Waals surface area contributed by atoms with Gasteiger partial charge in [0.05, 0.1) is 20.6 Å². The molecule has 106 valence electrons. The third kappa shape index (κ3) is 5.07. The van der Waals surface area contributed by atoms with Gasteiger partial charge in [-0.1, -0.05) is 0 Å². The van der Waals surface area contributed by atoms with Gasteiger partial charge >= 0.3 is 6.18 Å². The molecule has 1 rings (SSSR count). The standard InChI is InChI=1S/C12H14F3NO3/c1-18-9-3-4-10(19-2)8(5-9)6-11(17)16-7-12(13,14)15/h3-5H,6-7H2,1-2H3,(H,16,17). The average molecular weight is 277 g/mol. The molecule has 1 aromatic carbocycles. The molecular formula is C12H14F3NO3. The Balaban J connectivity index is 2.72. The van der Waals surface area contributed by atoms with Crippen LogP contribution in [0.25, 0.3) is 0 Å². The Morgan fingerprint density at radius 2 is 1.95 bits per heavy atom. The molecule has 0 atom stereocenters. The lowest BCUT2D eigenvalue weighted by molar-refractivity contribution is -0.138. The molecule has 19 heavy (non-hydrogen) atoms. The first kappa shape index (κ1) is 15.1. The molecule has 7 heteroatoms. The maximum absolute atomic E-state index is 12.0. The summed E-state index contributed by atoms with van der Waals surface area (Å²) < 4.78 is 45.9. The van der Waals surface area contributed by atoms with Gasteiger partial charge in [-0.15, -0.1) is 0 Å². The number of methoxy groups -OCH3 is 2. The van der Waals surface area contributed by atoms with Gasteiger partial charge in [-0.3, -0.25) is 4.79 Å². The van der Waals surface area contributed by atoms with Crippen LogP contribution in [0, 0.1) is 0 Å². The third-order valence-electron chi connectivity index (χ3n) is 2.32. The highest BCUT2D eigenvalue weighted by Crippen LogP contribution is 2.24. The Morgan fingerprint density at radius 3 is 2.47 bits per heavy atom. The van der Waals surface area contributed by atoms with Gasteiger partial charge in [-0.25, -0.2) is 0 Å². The van der Waals surface area contributed by atoms with E-state index in [0.717, 1.165) is 0 Å². The molecule has 1 amide bonds. The number of carbonyl (C=O) groups excluding carboxylic acids is 1. The first-order valence-corrected chi connectivity index (χ1v) is 5.40. The van der Waals surface area contributed by atoms with E-state index >= 15 is 0 Å². The van der Waals surface area contributed by atoms with E-state index in [0.29, 0.717) is 17.1 Å². The predicted octanol–water partition coefficient (Wildman–Crippen LogP) is 1.92. The summed E-state index contributed by atoms with van der Waals surface area (Å²) in [5, 5.41) is 1.80. The van der Waals surface area contributed by atoms with Crippen LogP contribution in [-0.4, -0.2) is 32.8 Å². The number of alkyl halides is 3. The van der Waals surface area contributed by atoms with Gasteiger partial charge in [0.15, 0.2) is 0 Å². The third-order valence-corrected chi connectivity index (χ3v) is 2.32. The van der Waals surface area contributed by atoms with E-state index < -0.39 is 18.6 Å². The van der Waals surface area contributed by atoms with E-state index in [1.165, 1.54) is 14.2 Å². The lowest BCUT2D eigenvalue weighted by Gasteiger charge is -2.11. The SMILES string of the molecule is COc1ccc(OC)c(CC(=O)NCC(F)(F)F)c1. The molecule has 0 heterocycles. The van der Waals surface area contributed by atoms with Crippen LogP contribution in [0.2, 0.25) is 0 Å². The molecule has 0 saturated carbocycles. The topological polar surface area (TPSA) is 47.6 Å². The Kier molecular flexibility index (Phi) is 5.02. The quantitative estimate of drug-likeness (QED) is 0.894. The van der Waals surface area contributed by atoms with Crippen LogP contribution in [0.15, 0.2) is 18.2 Å². The highest BCUT2D eigenvalue weighted by atomic mass is 19.4. The largest absolute Gasteiger partial charge is 0.497 e. The zero-order valence-electron chi connectivity index (χ0n) is 10.5. The van der Waals surface area contributed by atoms with Gasteiger partial charge in [-0.2, -0.15) is 13.2 Å². The van der Waals surface area contributed by atoms with E-state index in [4.69, 9.17) is 9.47 Å². The van der Waals surface area contributed by atoms with Crippen LogP contribution in [-0.2, 0) is 11.2 Å². The number of hydrogen-bond donors (Lipinski definition) is 1. The van der Waals surface area contributed by atoms with E-state index in [-0.39, 0.29) is 6.42 Å². The molecule has 0 bridgehead atoms. The van der Waals surface area contributed by atoms with Gasteiger partial charge < -0.3 is 14.8 Å². The fourth-order valence-electron chi connectivity index (χ4n) is 1.45. The van der Waals surface area contributed by atoms with Gasteiger partial charge in [0.25, 0.3) is 0 Å². The van der Waals surface area contributed by atoms with Crippen molar-refractivity contribution < 1.29 is 27.4 Å². The molecule has 4 nitrogen and oxygen atoms in total. The molecule has 0 unspecified atom stereocenters. The van der Waals surface area contributed by atoms with Crippen molar-refractivity contribution in [2.24, 2.45) is 0 Å². The molecule has 0 aliphatic carbocycles. The Labute approximate surface area is 108 Å². The highest BCUT2D eigenvalue weighted by Gasteiger charge is 2.27. The van der Waals surface area contributed by atoms with Crippen LogP contribution in [0.1, 0.15) is 5.56 Å². The monoisotopic (exact) mass is 277 g/mol. The minimum atomic E-state index is -4.42. The Hall–Kier alpha value is -1.92. The van der Waals surface area contributed by atoms with Gasteiger partial charge in [0, 0.05) is 5.56 Å². The van der Waals surface area contributed by atoms with Crippen molar-refractivity contribution in [2.75, 3.05) is 20.8 Å². The van der Waals surface area contributed by atoms with Gasteiger partial charge in [-0.05, 0) is 18.2 Å². The second-order valence-corrected chi connectivity index (χ2v) is 3.75. The summed E-state index contributed by atoms with van der Waals surface area (Å²) >= 11 is 0. The average Bonchev–Trinajstić information content (AvgIpc) is 2.35. The molecule has 0 saturated heterocycles. The second kappa shape index (κ2) is 6.31. The number of rotatable bonds is 5. The van der Waals surface area contributed by atoms with E-state index in [2.05, 4.69) is 0 Å². The maximum atomic E-state index is 12.0. The van der Waals surface area contributed by atoms with Crippen molar-refractivity contribution in [3.05, 3.63) is 23.8 Å². The summed E-state index contributed by atoms with van der Waals surface area (Å²) in [6, 6.07) is 4.77. The van der Waals surface area contributed by atoms with Crippen LogP contribution in [0.3, 0.4) is 0 Å². The van der Waals surface area contributed by atoms with Gasteiger partial charge in [0.2, 0.25) is 5.91 Å². The number of halogens is 3. The van der Waals surface area contributed by atoms with Crippen molar-refractivity contribution in [1.82, 2.24) is 5.32 Å². The number of carbonyl (C=O) groups is 1. The minimum absolute atomic E-state index is 0.212. The first-order valence-electron chi connectivity index (χ1n) is 5.40. The smallest absolute Gasteiger partial charge is 0.405 e. The zero-order valence-corrected chi connectivity index (χ0v) is 10.5. The number of benzene rings is 1. The number of amides is 1. The van der Waals surface area contributed by atoms with Crippen LogP contribution in [0.4, 0.5) is 13.2 Å². The Morgan fingerprint density at radius 1 is 1.26 bits per heavy atom. The van der Waals surface area contributed by atoms with E-state index in [1.807, 2.05) is 0 Å². The van der Waals surface area contributed by atoms with Crippen molar-refractivity contribution in [3.8, 4) is 11.5 Å². The molecule has 1 N–H and O–H groups in total. The summed E-state index contributed by atoms with van der Waals surface area (Å²) in [7, 11) is 2.87. The second-order valence-electron chi connectivity index (χ2n) is 3.75. The predicted molar refractivity (Wildman–Crippen MR) is 62.3 cm³/mol. The minimum Gasteiger partial charge on any atom is -0.497 e. The lowest BCUT2D eigenvalue weighted by atomic mass is 10.1. The van der Waals surface area contributed by atoms with Gasteiger partial charge in [0.1, 0.15) is 18.0 Å². The number of hydrogen-bond acceptors (Lipinski definition) is 3. The summed E-state index contributed by atoms with van der Waals surface area (Å²) in [5.74, 6) is 0.186. The van der Waals surface area contributed by atoms with Crippen molar-refractivity contribution in [1.29, 1.82) is 0 Å². The summed E-state index contributed by atoms with van der Waals surface area (Å²) in [6.45, 7) is -1.35. The lowest BCUT2D eigenvalue weighted by Crippen LogP contribution is -2.34. The van der Waals surface area contributed by atoms with E-state index in [9.17, 15) is 18.0 Å². The highest BCUT2D eigenvalue weighted by molar-refractivity contribution is 5.79. The number of nitrogens with one attached hydrogen (secondary N) is 1. The molecule has 1 aromatic rings. The fourth-order valence-corrected chi connectivity index (χ4v) is 1.45. The molecule has 0 radical (unpaired) electrons. The van der Waals surface area contributed by atoms with Crippen LogP contribution in [0.5, 0.6) is 11.5 Å². The zero-order chi connectivity index (χ0) is 14.5. The van der Waals surface area contributed by atoms with Crippen molar-refractivity contribution in [3.63, 3.8) is 0 Å². The molecule has 0 spiro atoms. The molecule has 0 fully saturated rings. The normalized spacial score (nSPS) is 11.0. The number of ether oxygens (including phenoxy) is 2. The summed E-state index contributed by atoms with van der Waals surface area (Å²) in [4.78, 5) is 11.4. The first-order chi connectivity index (χ1) is 8.85. The molecule has 0 aromatic heterocycles. The fraction of sp³-hybridized carbons (Fsp3) is 0.417. The van der Waals surface area contributed by atoms with Crippen LogP contribution >= 0.6 is 0 Å². The van der Waals surface area contributed by atoms with Crippen molar-refractivity contribution in [2.45, 2.75) is 12.6 Å². The van der Waals surface area contributed by atoms with Crippen molar-refractivity contribution >= 4 is 5.91 Å². The van der Waals surface area contributed by atoms with E-state index in [1.54, 1.807) is 23.5 Å². The Bertz CT molecular complexity index is 446. The molecule has 0 aliphatic rings. The molecule has 0 aliphatic heterocycles. The summed E-state index contributed by atoms with van der Waals surface area (Å²) in [5.41, 5.74) is 0.460. The van der Waals surface area contributed by atoms with Crippen LogP contribution < -0.4 is 14.8 Å².